The van der Waals surface area contributed by atoms with E-state index in [-0.39, 0.29) is 10.6 Å². The van der Waals surface area contributed by atoms with Crippen LogP contribution < -0.4 is 0 Å². The summed E-state index contributed by atoms with van der Waals surface area (Å²) >= 11 is 5.82. The number of carbonyl (C=O) groups excluding carboxylic acids is 1. The first kappa shape index (κ1) is 13.5. The highest BCUT2D eigenvalue weighted by atomic mass is 35.5. The van der Waals surface area contributed by atoms with Crippen molar-refractivity contribution in [2.24, 2.45) is 0 Å². The highest BCUT2D eigenvalue weighted by molar-refractivity contribution is 6.33. The number of hydrogen-bond donors (Lipinski definition) is 0. The second kappa shape index (κ2) is 5.64. The number of hydrogen-bond acceptors (Lipinski definition) is 1. The summed E-state index contributed by atoms with van der Waals surface area (Å²) in [6.45, 7) is 5.27. The zero-order valence-electron chi connectivity index (χ0n) is 9.71. The lowest BCUT2D eigenvalue weighted by atomic mass is 10.2. The number of benzene rings is 1. The van der Waals surface area contributed by atoms with Crippen molar-refractivity contribution in [3.05, 3.63) is 59.0 Å². The minimum atomic E-state index is -0.624. The maximum Gasteiger partial charge on any atom is 0.262 e. The number of carbonyl (C=O) groups is 1. The van der Waals surface area contributed by atoms with Crippen LogP contribution in [0.4, 0.5) is 4.39 Å². The molecule has 0 bridgehead atoms. The highest BCUT2D eigenvalue weighted by Crippen LogP contribution is 2.21. The maximum atomic E-state index is 13.5. The van der Waals surface area contributed by atoms with Gasteiger partial charge < -0.3 is 4.90 Å². The molecule has 1 aromatic rings. The van der Waals surface area contributed by atoms with Gasteiger partial charge in [0, 0.05) is 12.7 Å². The van der Waals surface area contributed by atoms with Crippen molar-refractivity contribution in [3.8, 4) is 0 Å². The van der Waals surface area contributed by atoms with Crippen molar-refractivity contribution in [2.75, 3.05) is 7.05 Å². The number of halogens is 2. The fraction of sp³-hybridized carbons (Fsp3) is 0.154. The fourth-order valence-electron chi connectivity index (χ4n) is 1.31. The zero-order valence-corrected chi connectivity index (χ0v) is 10.5. The van der Waals surface area contributed by atoms with Gasteiger partial charge in [-0.25, -0.2) is 4.39 Å². The molecule has 0 atom stereocenters. The van der Waals surface area contributed by atoms with Gasteiger partial charge in [0.2, 0.25) is 0 Å². The van der Waals surface area contributed by atoms with Gasteiger partial charge in [0.05, 0.1) is 10.6 Å². The first-order chi connectivity index (χ1) is 7.99. The van der Waals surface area contributed by atoms with E-state index >= 15 is 0 Å². The average molecular weight is 254 g/mol. The molecule has 0 aliphatic heterocycles. The van der Waals surface area contributed by atoms with Crippen molar-refractivity contribution in [1.29, 1.82) is 0 Å². The van der Waals surface area contributed by atoms with E-state index in [2.05, 4.69) is 6.58 Å². The summed E-state index contributed by atoms with van der Waals surface area (Å²) in [5.41, 5.74) is 0.540. The molecule has 90 valence electrons. The van der Waals surface area contributed by atoms with Crippen molar-refractivity contribution < 1.29 is 9.18 Å². The van der Waals surface area contributed by atoms with Crippen molar-refractivity contribution in [2.45, 2.75) is 6.92 Å². The van der Waals surface area contributed by atoms with E-state index in [0.717, 1.165) is 0 Å². The molecular weight excluding hydrogens is 241 g/mol. The van der Waals surface area contributed by atoms with Crippen LogP contribution in [-0.2, 0) is 0 Å². The molecule has 0 aliphatic rings. The molecule has 4 heteroatoms. The lowest BCUT2D eigenvalue weighted by molar-refractivity contribution is 0.0832. The Bertz CT molecular complexity index is 462. The van der Waals surface area contributed by atoms with E-state index in [1.807, 2.05) is 0 Å². The fourth-order valence-corrected chi connectivity index (χ4v) is 1.56. The van der Waals surface area contributed by atoms with E-state index in [4.69, 9.17) is 11.6 Å². The Labute approximate surface area is 105 Å². The van der Waals surface area contributed by atoms with Gasteiger partial charge >= 0.3 is 0 Å². The predicted octanol–water partition coefficient (Wildman–Crippen LogP) is 3.64. The molecule has 0 unspecified atom stereocenters. The van der Waals surface area contributed by atoms with Crippen LogP contribution in [0.15, 0.2) is 42.6 Å². The van der Waals surface area contributed by atoms with Crippen LogP contribution >= 0.6 is 11.6 Å². The molecule has 0 radical (unpaired) electrons. The van der Waals surface area contributed by atoms with Gasteiger partial charge in [0.15, 0.2) is 0 Å². The number of rotatable bonds is 3. The molecule has 1 aromatic carbocycles. The van der Waals surface area contributed by atoms with E-state index in [0.29, 0.717) is 5.70 Å². The largest absolute Gasteiger partial charge is 0.315 e. The van der Waals surface area contributed by atoms with E-state index in [9.17, 15) is 9.18 Å². The molecule has 0 fully saturated rings. The Kier molecular flexibility index (Phi) is 4.46. The third-order valence-corrected chi connectivity index (χ3v) is 2.68. The summed E-state index contributed by atoms with van der Waals surface area (Å²) in [5.74, 6) is -1.11. The summed E-state index contributed by atoms with van der Waals surface area (Å²) in [5, 5.41) is 0.105. The zero-order chi connectivity index (χ0) is 13.0. The Morgan fingerprint density at radius 3 is 2.71 bits per heavy atom. The molecule has 0 saturated carbocycles. The highest BCUT2D eigenvalue weighted by Gasteiger charge is 2.19. The summed E-state index contributed by atoms with van der Waals surface area (Å²) < 4.78 is 13.5. The minimum absolute atomic E-state index is 0.105. The normalized spacial score (nSPS) is 11.2. The van der Waals surface area contributed by atoms with Crippen LogP contribution in [0, 0.1) is 5.82 Å². The predicted molar refractivity (Wildman–Crippen MR) is 67.5 cm³/mol. The molecular formula is C13H13ClFNO. The lowest BCUT2D eigenvalue weighted by Gasteiger charge is -2.18. The molecule has 17 heavy (non-hydrogen) atoms. The first-order valence-electron chi connectivity index (χ1n) is 5.00. The summed E-state index contributed by atoms with van der Waals surface area (Å²) in [4.78, 5) is 13.4. The Balaban J connectivity index is 3.13. The molecule has 0 saturated heterocycles. The summed E-state index contributed by atoms with van der Waals surface area (Å²) in [6.07, 6.45) is 3.22. The van der Waals surface area contributed by atoms with Crippen LogP contribution in [0.25, 0.3) is 0 Å². The standard InChI is InChI=1S/C13H13ClFNO/c1-4-6-9(2)16(3)13(17)12-10(14)7-5-8-11(12)15/h4-8H,1H2,2-3H3/b9-6+. The van der Waals surface area contributed by atoms with Gasteiger partial charge in [-0.15, -0.1) is 0 Å². The smallest absolute Gasteiger partial charge is 0.262 e. The van der Waals surface area contributed by atoms with Crippen LogP contribution in [0.2, 0.25) is 5.02 Å². The third kappa shape index (κ3) is 2.94. The summed E-state index contributed by atoms with van der Waals surface area (Å²) in [6, 6.07) is 4.15. The summed E-state index contributed by atoms with van der Waals surface area (Å²) in [7, 11) is 1.56. The van der Waals surface area contributed by atoms with Gasteiger partial charge in [-0.05, 0) is 25.1 Å². The lowest BCUT2D eigenvalue weighted by Crippen LogP contribution is -2.26. The van der Waals surface area contributed by atoms with E-state index < -0.39 is 11.7 Å². The van der Waals surface area contributed by atoms with Crippen molar-refractivity contribution in [1.82, 2.24) is 4.90 Å². The Morgan fingerprint density at radius 2 is 2.18 bits per heavy atom. The van der Waals surface area contributed by atoms with Crippen LogP contribution in [-0.4, -0.2) is 17.9 Å². The van der Waals surface area contributed by atoms with Gasteiger partial charge in [-0.3, -0.25) is 4.79 Å². The molecule has 1 amide bonds. The van der Waals surface area contributed by atoms with Gasteiger partial charge in [0.1, 0.15) is 5.82 Å². The molecule has 2 nitrogen and oxygen atoms in total. The molecule has 0 spiro atoms. The van der Waals surface area contributed by atoms with Crippen LogP contribution in [0.5, 0.6) is 0 Å². The van der Waals surface area contributed by atoms with Crippen molar-refractivity contribution >= 4 is 17.5 Å². The monoisotopic (exact) mass is 253 g/mol. The second-order valence-electron chi connectivity index (χ2n) is 3.50. The molecule has 0 heterocycles. The molecule has 1 rings (SSSR count). The van der Waals surface area contributed by atoms with E-state index in [1.165, 1.54) is 23.1 Å². The number of nitrogens with zero attached hydrogens (tertiary/aromatic N) is 1. The molecule has 0 aromatic heterocycles. The Morgan fingerprint density at radius 1 is 1.53 bits per heavy atom. The van der Waals surface area contributed by atoms with Gasteiger partial charge in [-0.1, -0.05) is 30.3 Å². The van der Waals surface area contributed by atoms with Crippen molar-refractivity contribution in [3.63, 3.8) is 0 Å². The second-order valence-corrected chi connectivity index (χ2v) is 3.91. The number of allylic oxidation sites excluding steroid dienone is 3. The first-order valence-corrected chi connectivity index (χ1v) is 5.38. The molecule has 0 N–H and O–H groups in total. The quantitative estimate of drug-likeness (QED) is 0.753. The topological polar surface area (TPSA) is 20.3 Å². The van der Waals surface area contributed by atoms with Gasteiger partial charge in [0.25, 0.3) is 5.91 Å². The molecule has 0 aliphatic carbocycles. The Hall–Kier alpha value is -1.61. The SMILES string of the molecule is C=C/C=C(\C)N(C)C(=O)c1c(F)cccc1Cl. The maximum absolute atomic E-state index is 13.5. The van der Waals surface area contributed by atoms with Crippen LogP contribution in [0.1, 0.15) is 17.3 Å². The van der Waals surface area contributed by atoms with E-state index in [1.54, 1.807) is 26.1 Å². The van der Waals surface area contributed by atoms with Gasteiger partial charge in [-0.2, -0.15) is 0 Å². The number of amides is 1. The minimum Gasteiger partial charge on any atom is -0.315 e. The van der Waals surface area contributed by atoms with Crippen LogP contribution in [0.3, 0.4) is 0 Å². The average Bonchev–Trinajstić information content (AvgIpc) is 2.27. The third-order valence-electron chi connectivity index (χ3n) is 2.37.